The number of hydrogen-bond acceptors (Lipinski definition) is 3. The van der Waals surface area contributed by atoms with Gasteiger partial charge in [-0.2, -0.15) is 0 Å². The SMILES string of the molecule is CC(=O)NCC#Cc1cc(Br)cnc1N. The van der Waals surface area contributed by atoms with Crippen molar-refractivity contribution in [2.75, 3.05) is 12.3 Å². The van der Waals surface area contributed by atoms with Crippen molar-refractivity contribution in [3.63, 3.8) is 0 Å². The van der Waals surface area contributed by atoms with E-state index < -0.39 is 0 Å². The Morgan fingerprint density at radius 3 is 3.13 bits per heavy atom. The number of aromatic nitrogens is 1. The summed E-state index contributed by atoms with van der Waals surface area (Å²) in [7, 11) is 0. The van der Waals surface area contributed by atoms with Crippen LogP contribution >= 0.6 is 15.9 Å². The third kappa shape index (κ3) is 4.00. The summed E-state index contributed by atoms with van der Waals surface area (Å²) in [5.74, 6) is 5.88. The van der Waals surface area contributed by atoms with Crippen LogP contribution in [0.2, 0.25) is 0 Å². The number of pyridine rings is 1. The Kier molecular flexibility index (Phi) is 4.13. The molecule has 0 aliphatic heterocycles. The van der Waals surface area contributed by atoms with Gasteiger partial charge in [0.25, 0.3) is 0 Å². The van der Waals surface area contributed by atoms with E-state index in [0.29, 0.717) is 17.9 Å². The number of halogens is 1. The van der Waals surface area contributed by atoms with Crippen molar-refractivity contribution in [2.45, 2.75) is 6.92 Å². The molecule has 0 saturated carbocycles. The van der Waals surface area contributed by atoms with Crippen molar-refractivity contribution >= 4 is 27.7 Å². The summed E-state index contributed by atoms with van der Waals surface area (Å²) in [4.78, 5) is 14.5. The molecule has 0 aromatic carbocycles. The van der Waals surface area contributed by atoms with E-state index in [2.05, 4.69) is 38.1 Å². The molecule has 3 N–H and O–H groups in total. The first-order chi connectivity index (χ1) is 7.09. The molecule has 5 heteroatoms. The maximum absolute atomic E-state index is 10.6. The second kappa shape index (κ2) is 5.37. The number of amides is 1. The first-order valence-electron chi connectivity index (χ1n) is 4.24. The highest BCUT2D eigenvalue weighted by Crippen LogP contribution is 2.13. The summed E-state index contributed by atoms with van der Waals surface area (Å²) >= 11 is 3.27. The van der Waals surface area contributed by atoms with Crippen LogP contribution in [-0.2, 0) is 4.79 Å². The normalized spacial score (nSPS) is 8.93. The predicted molar refractivity (Wildman–Crippen MR) is 61.9 cm³/mol. The van der Waals surface area contributed by atoms with E-state index >= 15 is 0 Å². The average Bonchev–Trinajstić information content (AvgIpc) is 2.17. The molecule has 0 aliphatic carbocycles. The first kappa shape index (κ1) is 11.5. The van der Waals surface area contributed by atoms with Crippen LogP contribution in [0.3, 0.4) is 0 Å². The number of rotatable bonds is 1. The number of nitrogen functional groups attached to an aromatic ring is 1. The van der Waals surface area contributed by atoms with E-state index in [-0.39, 0.29) is 5.91 Å². The van der Waals surface area contributed by atoms with Crippen LogP contribution < -0.4 is 11.1 Å². The molecule has 78 valence electrons. The predicted octanol–water partition coefficient (Wildman–Crippen LogP) is 0.914. The van der Waals surface area contributed by atoms with Gasteiger partial charge in [0.15, 0.2) is 0 Å². The highest BCUT2D eigenvalue weighted by atomic mass is 79.9. The second-order valence-electron chi connectivity index (χ2n) is 2.80. The van der Waals surface area contributed by atoms with Crippen molar-refractivity contribution in [2.24, 2.45) is 0 Å². The number of nitrogens with two attached hydrogens (primary N) is 1. The molecule has 0 radical (unpaired) electrons. The minimum atomic E-state index is -0.107. The van der Waals surface area contributed by atoms with Gasteiger partial charge in [-0.3, -0.25) is 4.79 Å². The van der Waals surface area contributed by atoms with E-state index in [1.807, 2.05) is 0 Å². The van der Waals surface area contributed by atoms with Crippen LogP contribution in [0, 0.1) is 11.8 Å². The summed E-state index contributed by atoms with van der Waals surface area (Å²) in [6.45, 7) is 1.75. The minimum Gasteiger partial charge on any atom is -0.383 e. The molecule has 4 nitrogen and oxygen atoms in total. The molecule has 0 bridgehead atoms. The lowest BCUT2D eigenvalue weighted by Gasteiger charge is -1.97. The number of carbonyl (C=O) groups excluding carboxylic acids is 1. The molecule has 0 aliphatic rings. The Balaban J connectivity index is 2.71. The van der Waals surface area contributed by atoms with Gasteiger partial charge in [-0.25, -0.2) is 4.98 Å². The molecule has 0 atom stereocenters. The second-order valence-corrected chi connectivity index (χ2v) is 3.71. The van der Waals surface area contributed by atoms with Gasteiger partial charge in [0.2, 0.25) is 5.91 Å². The zero-order valence-electron chi connectivity index (χ0n) is 8.17. The standard InChI is InChI=1S/C10H10BrN3O/c1-7(15)13-4-2-3-8-5-9(11)6-14-10(8)12/h5-6H,4H2,1H3,(H2,12,14)(H,13,15). The van der Waals surface area contributed by atoms with Crippen LogP contribution in [0.4, 0.5) is 5.82 Å². The fourth-order valence-corrected chi connectivity index (χ4v) is 1.19. The van der Waals surface area contributed by atoms with E-state index in [4.69, 9.17) is 5.73 Å². The number of hydrogen-bond donors (Lipinski definition) is 2. The molecule has 1 aromatic heterocycles. The van der Waals surface area contributed by atoms with Crippen molar-refractivity contribution < 1.29 is 4.79 Å². The van der Waals surface area contributed by atoms with Crippen molar-refractivity contribution in [1.82, 2.24) is 10.3 Å². The van der Waals surface area contributed by atoms with Crippen LogP contribution in [0.15, 0.2) is 16.7 Å². The quantitative estimate of drug-likeness (QED) is 0.744. The molecule has 0 spiro atoms. The summed E-state index contributed by atoms with van der Waals surface area (Å²) in [6, 6.07) is 1.78. The number of anilines is 1. The molecule has 1 rings (SSSR count). The molecular weight excluding hydrogens is 258 g/mol. The third-order valence-corrected chi connectivity index (χ3v) is 1.97. The van der Waals surface area contributed by atoms with E-state index in [9.17, 15) is 4.79 Å². The molecule has 15 heavy (non-hydrogen) atoms. The van der Waals surface area contributed by atoms with Gasteiger partial charge in [0.1, 0.15) is 5.82 Å². The highest BCUT2D eigenvalue weighted by molar-refractivity contribution is 9.10. The first-order valence-corrected chi connectivity index (χ1v) is 5.03. The lowest BCUT2D eigenvalue weighted by Crippen LogP contribution is -2.19. The van der Waals surface area contributed by atoms with Gasteiger partial charge in [-0.05, 0) is 22.0 Å². The lowest BCUT2D eigenvalue weighted by molar-refractivity contribution is -0.118. The van der Waals surface area contributed by atoms with Gasteiger partial charge >= 0.3 is 0 Å². The molecule has 0 unspecified atom stereocenters. The van der Waals surface area contributed by atoms with E-state index in [1.54, 1.807) is 12.3 Å². The number of nitrogens with zero attached hydrogens (tertiary/aromatic N) is 1. The Labute approximate surface area is 96.4 Å². The summed E-state index contributed by atoms with van der Waals surface area (Å²) in [6.07, 6.45) is 1.61. The third-order valence-electron chi connectivity index (χ3n) is 1.53. The Morgan fingerprint density at radius 1 is 1.73 bits per heavy atom. The van der Waals surface area contributed by atoms with Crippen molar-refractivity contribution in [3.8, 4) is 11.8 Å². The van der Waals surface area contributed by atoms with Gasteiger partial charge in [0.05, 0.1) is 12.1 Å². The summed E-state index contributed by atoms with van der Waals surface area (Å²) in [5.41, 5.74) is 6.26. The Hall–Kier alpha value is -1.54. The molecule has 1 aromatic rings. The fraction of sp³-hybridized carbons (Fsp3) is 0.200. The van der Waals surface area contributed by atoms with E-state index in [1.165, 1.54) is 6.92 Å². The van der Waals surface area contributed by atoms with Crippen LogP contribution in [-0.4, -0.2) is 17.4 Å². The van der Waals surface area contributed by atoms with E-state index in [0.717, 1.165) is 4.47 Å². The minimum absolute atomic E-state index is 0.107. The van der Waals surface area contributed by atoms with Gasteiger partial charge in [-0.1, -0.05) is 11.8 Å². The monoisotopic (exact) mass is 267 g/mol. The smallest absolute Gasteiger partial charge is 0.217 e. The Bertz CT molecular complexity index is 434. The molecular formula is C10H10BrN3O. The maximum Gasteiger partial charge on any atom is 0.217 e. The largest absolute Gasteiger partial charge is 0.383 e. The Morgan fingerprint density at radius 2 is 2.47 bits per heavy atom. The average molecular weight is 268 g/mol. The fourth-order valence-electron chi connectivity index (χ4n) is 0.858. The molecule has 0 fully saturated rings. The zero-order chi connectivity index (χ0) is 11.3. The van der Waals surface area contributed by atoms with Gasteiger partial charge < -0.3 is 11.1 Å². The summed E-state index contributed by atoms with van der Waals surface area (Å²) < 4.78 is 0.820. The number of nitrogens with one attached hydrogen (secondary N) is 1. The van der Waals surface area contributed by atoms with Gasteiger partial charge in [-0.15, -0.1) is 0 Å². The van der Waals surface area contributed by atoms with Crippen molar-refractivity contribution in [1.29, 1.82) is 0 Å². The van der Waals surface area contributed by atoms with Gasteiger partial charge in [0, 0.05) is 17.6 Å². The van der Waals surface area contributed by atoms with Crippen LogP contribution in [0.5, 0.6) is 0 Å². The highest BCUT2D eigenvalue weighted by Gasteiger charge is 1.96. The lowest BCUT2D eigenvalue weighted by atomic mass is 10.2. The molecule has 1 amide bonds. The van der Waals surface area contributed by atoms with Crippen molar-refractivity contribution in [3.05, 3.63) is 22.3 Å². The molecule has 0 saturated heterocycles. The maximum atomic E-state index is 10.6. The zero-order valence-corrected chi connectivity index (χ0v) is 9.76. The number of carbonyl (C=O) groups is 1. The van der Waals surface area contributed by atoms with Crippen LogP contribution in [0.1, 0.15) is 12.5 Å². The summed E-state index contributed by atoms with van der Waals surface area (Å²) in [5, 5.41) is 2.56. The molecule has 1 heterocycles. The topological polar surface area (TPSA) is 68.0 Å². The van der Waals surface area contributed by atoms with Crippen LogP contribution in [0.25, 0.3) is 0 Å².